The highest BCUT2D eigenvalue weighted by Gasteiger charge is 2.33. The highest BCUT2D eigenvalue weighted by Crippen LogP contribution is 2.34. The van der Waals surface area contributed by atoms with Crippen LogP contribution >= 0.6 is 0 Å². The largest absolute Gasteiger partial charge is 0.472 e. The number of rotatable bonds is 7. The Morgan fingerprint density at radius 3 is 2.62 bits per heavy atom. The van der Waals surface area contributed by atoms with Crippen molar-refractivity contribution >= 4 is 6.29 Å². The van der Waals surface area contributed by atoms with Gasteiger partial charge < -0.3 is 18.9 Å². The fraction of sp³-hybridized carbons (Fsp3) is 0.737. The van der Waals surface area contributed by atoms with Crippen LogP contribution in [-0.4, -0.2) is 38.7 Å². The monoisotopic (exact) mass is 338 g/mol. The third-order valence-corrected chi connectivity index (χ3v) is 4.37. The van der Waals surface area contributed by atoms with Gasteiger partial charge in [0.15, 0.2) is 12.6 Å². The Bertz CT molecular complexity index is 470. The molecule has 0 saturated carbocycles. The van der Waals surface area contributed by atoms with Gasteiger partial charge in [-0.05, 0) is 36.5 Å². The first-order chi connectivity index (χ1) is 11.5. The summed E-state index contributed by atoms with van der Waals surface area (Å²) >= 11 is 0. The van der Waals surface area contributed by atoms with Crippen LogP contribution < -0.4 is 0 Å². The van der Waals surface area contributed by atoms with Crippen molar-refractivity contribution in [1.29, 1.82) is 0 Å². The van der Waals surface area contributed by atoms with Crippen LogP contribution in [0, 0.1) is 11.3 Å². The van der Waals surface area contributed by atoms with Gasteiger partial charge in [-0.2, -0.15) is 0 Å². The van der Waals surface area contributed by atoms with E-state index in [1.807, 2.05) is 19.9 Å². The van der Waals surface area contributed by atoms with Crippen LogP contribution in [0.2, 0.25) is 0 Å². The molecule has 0 aliphatic carbocycles. The van der Waals surface area contributed by atoms with Crippen molar-refractivity contribution in [3.63, 3.8) is 0 Å². The summed E-state index contributed by atoms with van der Waals surface area (Å²) < 4.78 is 23.0. The fourth-order valence-corrected chi connectivity index (χ4v) is 2.88. The van der Waals surface area contributed by atoms with E-state index in [9.17, 15) is 4.79 Å². The van der Waals surface area contributed by atoms with E-state index in [1.165, 1.54) is 0 Å². The summed E-state index contributed by atoms with van der Waals surface area (Å²) in [5, 5.41) is 0. The molecule has 0 radical (unpaired) electrons. The van der Waals surface area contributed by atoms with E-state index in [0.29, 0.717) is 26.2 Å². The van der Waals surface area contributed by atoms with Crippen molar-refractivity contribution in [2.75, 3.05) is 19.8 Å². The molecule has 2 rings (SSSR count). The molecule has 2 atom stereocenters. The first-order valence-electron chi connectivity index (χ1n) is 8.83. The van der Waals surface area contributed by atoms with Gasteiger partial charge >= 0.3 is 0 Å². The molecule has 2 aliphatic heterocycles. The molecular formula is C19H30O5. The third-order valence-electron chi connectivity index (χ3n) is 4.37. The summed E-state index contributed by atoms with van der Waals surface area (Å²) in [5.41, 5.74) is 1.83. The van der Waals surface area contributed by atoms with Crippen LogP contribution in [0.25, 0.3) is 0 Å². The van der Waals surface area contributed by atoms with Gasteiger partial charge in [0.1, 0.15) is 6.29 Å². The first-order valence-corrected chi connectivity index (χ1v) is 8.83. The summed E-state index contributed by atoms with van der Waals surface area (Å²) in [4.78, 5) is 11.1. The van der Waals surface area contributed by atoms with E-state index in [2.05, 4.69) is 13.8 Å². The molecule has 5 heteroatoms. The quantitative estimate of drug-likeness (QED) is 0.524. The molecular weight excluding hydrogens is 308 g/mol. The topological polar surface area (TPSA) is 54.0 Å². The average Bonchev–Trinajstić information content (AvgIpc) is 2.56. The van der Waals surface area contributed by atoms with Crippen LogP contribution in [0.4, 0.5) is 0 Å². The maximum Gasteiger partial charge on any atom is 0.199 e. The second-order valence-electron chi connectivity index (χ2n) is 7.21. The van der Waals surface area contributed by atoms with Crippen molar-refractivity contribution in [1.82, 2.24) is 0 Å². The Balaban J connectivity index is 2.06. The Labute approximate surface area is 145 Å². The molecule has 0 bridgehead atoms. The Morgan fingerprint density at radius 2 is 2.04 bits per heavy atom. The van der Waals surface area contributed by atoms with E-state index < -0.39 is 0 Å². The Kier molecular flexibility index (Phi) is 7.02. The number of carbonyl (C=O) groups excluding carboxylic acids is 1. The van der Waals surface area contributed by atoms with Gasteiger partial charge in [-0.15, -0.1) is 0 Å². The molecule has 136 valence electrons. The second kappa shape index (κ2) is 8.79. The van der Waals surface area contributed by atoms with Crippen molar-refractivity contribution in [3.05, 3.63) is 23.5 Å². The number of hydrogen-bond donors (Lipinski definition) is 0. The number of hydrogen-bond acceptors (Lipinski definition) is 5. The number of ether oxygens (including phenoxy) is 4. The van der Waals surface area contributed by atoms with Gasteiger partial charge in [0, 0.05) is 24.9 Å². The van der Waals surface area contributed by atoms with E-state index in [1.54, 1.807) is 6.26 Å². The summed E-state index contributed by atoms with van der Waals surface area (Å²) in [7, 11) is 0. The maximum atomic E-state index is 11.1. The lowest BCUT2D eigenvalue weighted by molar-refractivity contribution is -0.229. The van der Waals surface area contributed by atoms with Gasteiger partial charge in [0.05, 0.1) is 19.5 Å². The smallest absolute Gasteiger partial charge is 0.199 e. The summed E-state index contributed by atoms with van der Waals surface area (Å²) in [6, 6.07) is 0. The molecule has 0 amide bonds. The SMILES string of the molecule is CCOC1CC(CC2OCC(C)(C)CO2)C(/C=C(\C=O)CC)=CO1. The van der Waals surface area contributed by atoms with Crippen molar-refractivity contribution in [2.45, 2.75) is 59.5 Å². The summed E-state index contributed by atoms with van der Waals surface area (Å²) in [6.45, 7) is 10.2. The van der Waals surface area contributed by atoms with Crippen molar-refractivity contribution < 1.29 is 23.7 Å². The molecule has 5 nitrogen and oxygen atoms in total. The lowest BCUT2D eigenvalue weighted by atomic mass is 9.88. The molecule has 0 aromatic heterocycles. The Hall–Kier alpha value is -1.17. The molecule has 0 aromatic carbocycles. The minimum atomic E-state index is -0.251. The molecule has 0 spiro atoms. The average molecular weight is 338 g/mol. The minimum absolute atomic E-state index is 0.0610. The van der Waals surface area contributed by atoms with Crippen LogP contribution in [0.15, 0.2) is 23.5 Å². The summed E-state index contributed by atoms with van der Waals surface area (Å²) in [6.07, 6.45) is 6.25. The van der Waals surface area contributed by atoms with Crippen LogP contribution in [0.3, 0.4) is 0 Å². The van der Waals surface area contributed by atoms with Gasteiger partial charge in [-0.3, -0.25) is 4.79 Å². The van der Waals surface area contributed by atoms with Gasteiger partial charge in [-0.25, -0.2) is 0 Å². The van der Waals surface area contributed by atoms with E-state index in [0.717, 1.165) is 30.3 Å². The number of carbonyl (C=O) groups is 1. The van der Waals surface area contributed by atoms with E-state index in [4.69, 9.17) is 18.9 Å². The van der Waals surface area contributed by atoms with Crippen molar-refractivity contribution in [2.24, 2.45) is 11.3 Å². The number of aldehydes is 1. The molecule has 1 saturated heterocycles. The zero-order chi connectivity index (χ0) is 17.6. The lowest BCUT2D eigenvalue weighted by Gasteiger charge is -2.37. The standard InChI is InChI=1S/C19H30O5/c1-5-14(10-20)7-16-11-22-17(21-6-2)8-15(16)9-18-23-12-19(3,4)13-24-18/h7,10-11,15,17-18H,5-6,8-9,12-13H2,1-4H3/b14-7-. The second-order valence-corrected chi connectivity index (χ2v) is 7.21. The zero-order valence-electron chi connectivity index (χ0n) is 15.2. The fourth-order valence-electron chi connectivity index (χ4n) is 2.88. The Morgan fingerprint density at radius 1 is 1.33 bits per heavy atom. The van der Waals surface area contributed by atoms with Gasteiger partial charge in [0.25, 0.3) is 0 Å². The predicted octanol–water partition coefficient (Wildman–Crippen LogP) is 3.59. The molecule has 0 N–H and O–H groups in total. The van der Waals surface area contributed by atoms with Crippen LogP contribution in [-0.2, 0) is 23.7 Å². The third kappa shape index (κ3) is 5.43. The molecule has 2 unspecified atom stereocenters. The summed E-state index contributed by atoms with van der Waals surface area (Å²) in [5.74, 6) is 0.183. The van der Waals surface area contributed by atoms with Crippen LogP contribution in [0.1, 0.15) is 47.0 Å². The van der Waals surface area contributed by atoms with Gasteiger partial charge in [0.2, 0.25) is 0 Å². The van der Waals surface area contributed by atoms with Crippen molar-refractivity contribution in [3.8, 4) is 0 Å². The first kappa shape index (κ1) is 19.2. The highest BCUT2D eigenvalue weighted by atomic mass is 16.7. The normalized spacial score (nSPS) is 28.2. The van der Waals surface area contributed by atoms with Gasteiger partial charge in [-0.1, -0.05) is 20.8 Å². The molecule has 2 heterocycles. The van der Waals surface area contributed by atoms with E-state index >= 15 is 0 Å². The molecule has 2 aliphatic rings. The molecule has 24 heavy (non-hydrogen) atoms. The van der Waals surface area contributed by atoms with Crippen LogP contribution in [0.5, 0.6) is 0 Å². The highest BCUT2D eigenvalue weighted by molar-refractivity contribution is 5.74. The maximum absolute atomic E-state index is 11.1. The lowest BCUT2D eigenvalue weighted by Crippen LogP contribution is -2.39. The van der Waals surface area contributed by atoms with E-state index in [-0.39, 0.29) is 23.9 Å². The molecule has 0 aromatic rings. The predicted molar refractivity (Wildman–Crippen MR) is 91.2 cm³/mol. The minimum Gasteiger partial charge on any atom is -0.472 e. The number of allylic oxidation sites excluding steroid dienone is 3. The molecule has 1 fully saturated rings. The zero-order valence-corrected chi connectivity index (χ0v) is 15.2.